The largest absolute Gasteiger partial charge is 0.472 e. The van der Waals surface area contributed by atoms with E-state index in [-0.39, 0.29) is 11.1 Å². The van der Waals surface area contributed by atoms with Crippen LogP contribution >= 0.6 is 0 Å². The molecule has 2 aliphatic carbocycles. The second-order valence-electron chi connectivity index (χ2n) is 13.9. The highest BCUT2D eigenvalue weighted by molar-refractivity contribution is 5.94. The van der Waals surface area contributed by atoms with E-state index in [0.717, 1.165) is 54.1 Å². The number of hydrogen-bond donors (Lipinski definition) is 1. The number of benzene rings is 1. The quantitative estimate of drug-likeness (QED) is 0.251. The predicted octanol–water partition coefficient (Wildman–Crippen LogP) is 1.43. The second kappa shape index (κ2) is 14.9. The van der Waals surface area contributed by atoms with E-state index in [9.17, 15) is 38.7 Å². The van der Waals surface area contributed by atoms with Gasteiger partial charge in [-0.2, -0.15) is 0 Å². The summed E-state index contributed by atoms with van der Waals surface area (Å²) in [5.41, 5.74) is -10.6. The molecule has 18 heteroatoms. The summed E-state index contributed by atoms with van der Waals surface area (Å²) in [5.74, 6) is -10.2. The van der Waals surface area contributed by atoms with Crippen molar-refractivity contribution in [3.8, 4) is 0 Å². The van der Waals surface area contributed by atoms with Gasteiger partial charge in [0.2, 0.25) is 0 Å². The Bertz CT molecular complexity index is 1870. The summed E-state index contributed by atoms with van der Waals surface area (Å²) in [6, 6.07) is 8.92. The first-order valence-electron chi connectivity index (χ1n) is 17.0. The average Bonchev–Trinajstić information content (AvgIpc) is 3.71. The van der Waals surface area contributed by atoms with Gasteiger partial charge in [0, 0.05) is 34.6 Å². The number of ether oxygens (including phenoxy) is 8. The van der Waals surface area contributed by atoms with Gasteiger partial charge in [-0.15, -0.1) is 0 Å². The lowest BCUT2D eigenvalue weighted by Gasteiger charge is -2.66. The Morgan fingerprint density at radius 3 is 1.82 bits per heavy atom. The Labute approximate surface area is 313 Å². The van der Waals surface area contributed by atoms with E-state index in [0.29, 0.717) is 0 Å². The SMILES string of the molecule is CC(=O)OC[C@]12[C@H](OC(C)=O)C(=O)[C@@H]3[C@@H](OC(C)=O)[C@]1(O[C@@]3(C)COC(=O)c1ccccc1)[C@@](C)(O)[C@@H](OC(=O)c1ccoc1)[C@H](OC(C)=O)[C@@H]2OC(C)=O. The van der Waals surface area contributed by atoms with Crippen LogP contribution in [0.4, 0.5) is 0 Å². The van der Waals surface area contributed by atoms with E-state index in [4.69, 9.17) is 42.3 Å². The molecule has 296 valence electrons. The van der Waals surface area contributed by atoms with Crippen LogP contribution in [0.15, 0.2) is 53.3 Å². The van der Waals surface area contributed by atoms with Crippen molar-refractivity contribution in [1.29, 1.82) is 0 Å². The van der Waals surface area contributed by atoms with Crippen molar-refractivity contribution in [1.82, 2.24) is 0 Å². The maximum Gasteiger partial charge on any atom is 0.341 e. The summed E-state index contributed by atoms with van der Waals surface area (Å²) in [6.07, 6.45) is -8.46. The summed E-state index contributed by atoms with van der Waals surface area (Å²) in [7, 11) is 0. The normalized spacial score (nSPS) is 33.3. The van der Waals surface area contributed by atoms with Gasteiger partial charge >= 0.3 is 41.8 Å². The molecule has 2 aromatic rings. The van der Waals surface area contributed by atoms with Gasteiger partial charge in [0.05, 0.1) is 23.3 Å². The van der Waals surface area contributed by atoms with E-state index >= 15 is 4.79 Å². The second-order valence-corrected chi connectivity index (χ2v) is 13.9. The Balaban J connectivity index is 1.87. The maximum atomic E-state index is 15.1. The minimum atomic E-state index is -2.87. The number of ketones is 1. The fourth-order valence-electron chi connectivity index (χ4n) is 8.21. The van der Waals surface area contributed by atoms with E-state index in [1.165, 1.54) is 25.1 Å². The first-order chi connectivity index (χ1) is 25.7. The molecule has 1 saturated heterocycles. The smallest absolute Gasteiger partial charge is 0.341 e. The monoisotopic (exact) mass is 772 g/mol. The molecule has 1 N–H and O–H groups in total. The molecular weight excluding hydrogens is 732 g/mol. The third-order valence-electron chi connectivity index (χ3n) is 10.1. The zero-order valence-corrected chi connectivity index (χ0v) is 30.9. The fourth-order valence-corrected chi connectivity index (χ4v) is 8.21. The first kappa shape index (κ1) is 40.6. The maximum absolute atomic E-state index is 15.1. The molecule has 1 aromatic heterocycles. The van der Waals surface area contributed by atoms with Crippen LogP contribution < -0.4 is 0 Å². The van der Waals surface area contributed by atoms with Gasteiger partial charge in [-0.25, -0.2) is 9.59 Å². The topological polar surface area (TPSA) is 244 Å². The number of carbonyl (C=O) groups is 8. The van der Waals surface area contributed by atoms with Gasteiger partial charge in [0.25, 0.3) is 0 Å². The van der Waals surface area contributed by atoms with Crippen LogP contribution in [0.1, 0.15) is 69.2 Å². The summed E-state index contributed by atoms with van der Waals surface area (Å²) >= 11 is 0. The molecule has 1 aromatic carbocycles. The van der Waals surface area contributed by atoms with Gasteiger partial charge in [-0.3, -0.25) is 28.8 Å². The molecule has 1 spiro atoms. The lowest BCUT2D eigenvalue weighted by atomic mass is 9.45. The molecule has 3 aliphatic rings. The summed E-state index contributed by atoms with van der Waals surface area (Å²) in [5, 5.41) is 13.2. The van der Waals surface area contributed by atoms with Crippen molar-refractivity contribution in [3.63, 3.8) is 0 Å². The molecule has 2 saturated carbocycles. The van der Waals surface area contributed by atoms with E-state index in [1.54, 1.807) is 18.2 Å². The Kier molecular flexibility index (Phi) is 11.0. The van der Waals surface area contributed by atoms with E-state index in [1.807, 2.05) is 0 Å². The molecule has 0 amide bonds. The lowest BCUT2D eigenvalue weighted by Crippen LogP contribution is -2.88. The molecule has 0 unspecified atom stereocenters. The van der Waals surface area contributed by atoms with Crippen LogP contribution in [0, 0.1) is 11.3 Å². The highest BCUT2D eigenvalue weighted by atomic mass is 16.7. The number of hydrogen-bond acceptors (Lipinski definition) is 18. The van der Waals surface area contributed by atoms with Gasteiger partial charge in [0.1, 0.15) is 42.2 Å². The molecule has 2 heterocycles. The van der Waals surface area contributed by atoms with Gasteiger partial charge < -0.3 is 47.4 Å². The Hall–Kier alpha value is -5.62. The number of furan rings is 1. The van der Waals surface area contributed by atoms with E-state index in [2.05, 4.69) is 0 Å². The fraction of sp³-hybridized carbons (Fsp3) is 0.514. The van der Waals surface area contributed by atoms with Crippen LogP contribution in [-0.4, -0.2) is 113 Å². The molecule has 2 bridgehead atoms. The number of Topliss-reactive ketones (excluding diaryl/α,β-unsaturated/α-hetero) is 1. The molecule has 5 rings (SSSR count). The molecule has 3 fully saturated rings. The van der Waals surface area contributed by atoms with Crippen molar-refractivity contribution < 1.29 is 85.8 Å². The summed E-state index contributed by atoms with van der Waals surface area (Å²) in [6.45, 7) is 5.17. The van der Waals surface area contributed by atoms with Crippen molar-refractivity contribution >= 4 is 47.6 Å². The van der Waals surface area contributed by atoms with E-state index < -0.39 is 119 Å². The molecule has 1 aliphatic heterocycles. The zero-order valence-electron chi connectivity index (χ0n) is 30.9. The van der Waals surface area contributed by atoms with Crippen LogP contribution in [0.2, 0.25) is 0 Å². The van der Waals surface area contributed by atoms with Gasteiger partial charge in [0.15, 0.2) is 35.8 Å². The summed E-state index contributed by atoms with van der Waals surface area (Å²) in [4.78, 5) is 106. The third kappa shape index (κ3) is 6.84. The van der Waals surface area contributed by atoms with Crippen LogP contribution in [0.3, 0.4) is 0 Å². The van der Waals surface area contributed by atoms with Crippen molar-refractivity contribution in [2.24, 2.45) is 11.3 Å². The minimum Gasteiger partial charge on any atom is -0.472 e. The van der Waals surface area contributed by atoms with Crippen LogP contribution in [0.5, 0.6) is 0 Å². The Morgan fingerprint density at radius 1 is 0.673 bits per heavy atom. The number of carbonyl (C=O) groups excluding carboxylic acids is 8. The predicted molar refractivity (Wildman–Crippen MR) is 177 cm³/mol. The number of rotatable bonds is 11. The van der Waals surface area contributed by atoms with Gasteiger partial charge in [-0.05, 0) is 32.0 Å². The minimum absolute atomic E-state index is 0.102. The van der Waals surface area contributed by atoms with Crippen molar-refractivity contribution in [2.45, 2.75) is 95.8 Å². The van der Waals surface area contributed by atoms with Crippen molar-refractivity contribution in [3.05, 3.63) is 60.1 Å². The summed E-state index contributed by atoms with van der Waals surface area (Å²) < 4.78 is 51.8. The molecule has 55 heavy (non-hydrogen) atoms. The third-order valence-corrected chi connectivity index (χ3v) is 10.1. The Morgan fingerprint density at radius 2 is 1.27 bits per heavy atom. The molecule has 10 atom stereocenters. The number of aliphatic hydroxyl groups is 1. The molecule has 0 radical (unpaired) electrons. The van der Waals surface area contributed by atoms with Crippen LogP contribution in [0.25, 0.3) is 0 Å². The lowest BCUT2D eigenvalue weighted by molar-refractivity contribution is -0.375. The number of esters is 7. The highest BCUT2D eigenvalue weighted by Crippen LogP contribution is 2.68. The van der Waals surface area contributed by atoms with Crippen molar-refractivity contribution in [2.75, 3.05) is 13.2 Å². The zero-order chi connectivity index (χ0) is 40.7. The molecular formula is C37H40O18. The standard InChI is InChI=1S/C37H40O18/c1-18(38)48-17-36-29(52-21(4)41)26(43)25-28(51-20(3)40)37(36,55-34(25,6)16-49-32(44)23-11-9-8-10-12-23)35(7,46)30(54-33(45)24-13-14-47-15-24)27(50-19(2)39)31(36)53-22(5)42/h8-15,25,27-31,46H,16-17H2,1-7H3/t25-,27+,28-,29-,30+,31+,34+,35+,36-,37+/m1/s1. The molecule has 18 nitrogen and oxygen atoms in total. The van der Waals surface area contributed by atoms with Crippen LogP contribution in [-0.2, 0) is 66.7 Å². The first-order valence-corrected chi connectivity index (χ1v) is 17.0. The number of fused-ring (bicyclic) bond motifs is 1. The van der Waals surface area contributed by atoms with Gasteiger partial charge in [-0.1, -0.05) is 18.2 Å². The average molecular weight is 773 g/mol. The highest BCUT2D eigenvalue weighted by Gasteiger charge is 2.91.